The predicted molar refractivity (Wildman–Crippen MR) is 89.9 cm³/mol. The van der Waals surface area contributed by atoms with Gasteiger partial charge in [0.25, 0.3) is 0 Å². The van der Waals surface area contributed by atoms with Crippen LogP contribution in [0.15, 0.2) is 30.3 Å². The van der Waals surface area contributed by atoms with Gasteiger partial charge in [0, 0.05) is 0 Å². The van der Waals surface area contributed by atoms with Crippen molar-refractivity contribution in [1.29, 1.82) is 0 Å². The molecule has 0 N–H and O–H groups in total. The van der Waals surface area contributed by atoms with Crippen LogP contribution in [0.5, 0.6) is 0 Å². The fourth-order valence-electron chi connectivity index (χ4n) is 3.07. The Morgan fingerprint density at radius 1 is 0.900 bits per heavy atom. The van der Waals surface area contributed by atoms with E-state index in [1.165, 1.54) is 30.4 Å². The monoisotopic (exact) mass is 270 g/mol. The second-order valence-corrected chi connectivity index (χ2v) is 8.39. The summed E-state index contributed by atoms with van der Waals surface area (Å²) >= 11 is 0. The van der Waals surface area contributed by atoms with Gasteiger partial charge in [-0.25, -0.2) is 0 Å². The Morgan fingerprint density at radius 3 is 1.90 bits per heavy atom. The van der Waals surface area contributed by atoms with Crippen LogP contribution in [0, 0.1) is 11.3 Å². The van der Waals surface area contributed by atoms with Crippen molar-refractivity contribution < 1.29 is 0 Å². The summed E-state index contributed by atoms with van der Waals surface area (Å²) in [7, 11) is 0. The number of benzene rings is 1. The third-order valence-electron chi connectivity index (χ3n) is 4.76. The highest BCUT2D eigenvalue weighted by Crippen LogP contribution is 2.39. The number of allylic oxidation sites excluding steroid dienone is 2. The van der Waals surface area contributed by atoms with Crippen molar-refractivity contribution in [3.8, 4) is 0 Å². The van der Waals surface area contributed by atoms with E-state index in [4.69, 9.17) is 0 Å². The maximum absolute atomic E-state index is 2.48. The fourth-order valence-corrected chi connectivity index (χ4v) is 3.07. The Kier molecular flexibility index (Phi) is 4.14. The zero-order valence-corrected chi connectivity index (χ0v) is 14.1. The molecule has 0 spiro atoms. The van der Waals surface area contributed by atoms with E-state index in [1.54, 1.807) is 5.57 Å². The first-order valence-electron chi connectivity index (χ1n) is 7.98. The molecule has 0 radical (unpaired) electrons. The molecule has 0 amide bonds. The number of hydrogen-bond acceptors (Lipinski definition) is 0. The summed E-state index contributed by atoms with van der Waals surface area (Å²) in [6, 6.07) is 9.21. The summed E-state index contributed by atoms with van der Waals surface area (Å²) < 4.78 is 0. The lowest BCUT2D eigenvalue weighted by atomic mass is 9.72. The van der Waals surface area contributed by atoms with Gasteiger partial charge in [-0.2, -0.15) is 0 Å². The molecule has 1 unspecified atom stereocenters. The van der Waals surface area contributed by atoms with Gasteiger partial charge >= 0.3 is 0 Å². The Labute approximate surface area is 125 Å². The quantitative estimate of drug-likeness (QED) is 0.568. The molecule has 1 aromatic rings. The summed E-state index contributed by atoms with van der Waals surface area (Å²) in [6.07, 6.45) is 6.28. The van der Waals surface area contributed by atoms with Crippen molar-refractivity contribution >= 4 is 5.57 Å². The highest BCUT2D eigenvalue weighted by molar-refractivity contribution is 5.66. The first kappa shape index (κ1) is 15.4. The van der Waals surface area contributed by atoms with Gasteiger partial charge in [0.05, 0.1) is 0 Å². The van der Waals surface area contributed by atoms with Crippen molar-refractivity contribution in [2.24, 2.45) is 11.3 Å². The molecular formula is C20H30. The molecule has 0 nitrogen and oxygen atoms in total. The topological polar surface area (TPSA) is 0 Å². The van der Waals surface area contributed by atoms with E-state index in [-0.39, 0.29) is 5.41 Å². The largest absolute Gasteiger partial charge is 0.0804 e. The van der Waals surface area contributed by atoms with Crippen LogP contribution < -0.4 is 0 Å². The lowest BCUT2D eigenvalue weighted by molar-refractivity contribution is 0.225. The molecule has 0 aromatic heterocycles. The lowest BCUT2D eigenvalue weighted by Crippen LogP contribution is -2.22. The third-order valence-corrected chi connectivity index (χ3v) is 4.76. The van der Waals surface area contributed by atoms with Crippen molar-refractivity contribution in [3.05, 3.63) is 41.5 Å². The smallest absolute Gasteiger partial charge is 0.0132 e. The van der Waals surface area contributed by atoms with Gasteiger partial charge in [-0.3, -0.25) is 0 Å². The molecule has 0 fully saturated rings. The van der Waals surface area contributed by atoms with Gasteiger partial charge in [0.1, 0.15) is 0 Å². The Morgan fingerprint density at radius 2 is 1.50 bits per heavy atom. The van der Waals surface area contributed by atoms with Crippen molar-refractivity contribution in [2.45, 2.75) is 66.2 Å². The minimum absolute atomic E-state index is 0.247. The van der Waals surface area contributed by atoms with Crippen LogP contribution in [0.25, 0.3) is 5.57 Å². The molecule has 20 heavy (non-hydrogen) atoms. The van der Waals surface area contributed by atoms with Crippen LogP contribution in [0.3, 0.4) is 0 Å². The van der Waals surface area contributed by atoms with E-state index in [1.807, 2.05) is 0 Å². The second-order valence-electron chi connectivity index (χ2n) is 8.39. The lowest BCUT2D eigenvalue weighted by Gasteiger charge is -2.33. The predicted octanol–water partition coefficient (Wildman–Crippen LogP) is 6.21. The van der Waals surface area contributed by atoms with Gasteiger partial charge in [0.2, 0.25) is 0 Å². The van der Waals surface area contributed by atoms with Gasteiger partial charge in [-0.15, -0.1) is 0 Å². The molecule has 1 aromatic carbocycles. The van der Waals surface area contributed by atoms with E-state index >= 15 is 0 Å². The molecule has 0 saturated carbocycles. The second kappa shape index (κ2) is 5.39. The van der Waals surface area contributed by atoms with E-state index in [9.17, 15) is 0 Å². The van der Waals surface area contributed by atoms with Crippen molar-refractivity contribution in [3.63, 3.8) is 0 Å². The molecule has 110 valence electrons. The van der Waals surface area contributed by atoms with Crippen molar-refractivity contribution in [1.82, 2.24) is 0 Å². The summed E-state index contributed by atoms with van der Waals surface area (Å²) in [5.74, 6) is 0.833. The zero-order chi connectivity index (χ0) is 15.0. The summed E-state index contributed by atoms with van der Waals surface area (Å²) in [4.78, 5) is 0. The van der Waals surface area contributed by atoms with E-state index in [0.29, 0.717) is 5.41 Å². The molecule has 2 rings (SSSR count). The Balaban J connectivity index is 2.12. The molecule has 0 bridgehead atoms. The van der Waals surface area contributed by atoms with Crippen molar-refractivity contribution in [2.75, 3.05) is 0 Å². The summed E-state index contributed by atoms with van der Waals surface area (Å²) in [5, 5.41) is 0. The average Bonchev–Trinajstić information content (AvgIpc) is 2.37. The van der Waals surface area contributed by atoms with Crippen LogP contribution in [0.4, 0.5) is 0 Å². The van der Waals surface area contributed by atoms with Crippen LogP contribution in [-0.4, -0.2) is 0 Å². The minimum atomic E-state index is 0.247. The molecule has 1 atom stereocenters. The van der Waals surface area contributed by atoms with Gasteiger partial charge in [-0.05, 0) is 52.7 Å². The maximum atomic E-state index is 2.48. The highest BCUT2D eigenvalue weighted by Gasteiger charge is 2.26. The number of hydrogen-bond donors (Lipinski definition) is 0. The molecule has 1 aliphatic carbocycles. The van der Waals surface area contributed by atoms with Gasteiger partial charge in [-0.1, -0.05) is 71.9 Å². The molecule has 0 heteroatoms. The molecule has 0 aliphatic heterocycles. The standard InChI is InChI=1S/C20H30/c1-19(2,3)17-11-7-15(8-12-17)16-9-13-18(14-10-16)20(4,5)6/h7-9,11-12,18H,10,13-14H2,1-6H3. The van der Waals surface area contributed by atoms with Crippen LogP contribution >= 0.6 is 0 Å². The molecule has 1 aliphatic rings. The molecular weight excluding hydrogens is 240 g/mol. The summed E-state index contributed by atoms with van der Waals surface area (Å²) in [6.45, 7) is 13.9. The van der Waals surface area contributed by atoms with E-state index < -0.39 is 0 Å². The normalized spacial score (nSPS) is 20.7. The van der Waals surface area contributed by atoms with Crippen LogP contribution in [0.2, 0.25) is 0 Å². The van der Waals surface area contributed by atoms with E-state index in [2.05, 4.69) is 71.9 Å². The van der Waals surface area contributed by atoms with Crippen LogP contribution in [-0.2, 0) is 5.41 Å². The number of rotatable bonds is 1. The third kappa shape index (κ3) is 3.53. The summed E-state index contributed by atoms with van der Waals surface area (Å²) in [5.41, 5.74) is 5.08. The zero-order valence-electron chi connectivity index (χ0n) is 14.1. The first-order chi connectivity index (χ1) is 9.18. The molecule has 0 saturated heterocycles. The fraction of sp³-hybridized carbons (Fsp3) is 0.600. The Hall–Kier alpha value is -1.04. The Bertz CT molecular complexity index is 474. The average molecular weight is 270 g/mol. The highest BCUT2D eigenvalue weighted by atomic mass is 14.3. The molecule has 0 heterocycles. The van der Waals surface area contributed by atoms with Gasteiger partial charge < -0.3 is 0 Å². The SMILES string of the molecule is CC(C)(C)c1ccc(C2=CCC(C(C)(C)C)CC2)cc1. The van der Waals surface area contributed by atoms with Crippen LogP contribution in [0.1, 0.15) is 71.9 Å². The first-order valence-corrected chi connectivity index (χ1v) is 7.98. The maximum Gasteiger partial charge on any atom is -0.0132 e. The van der Waals surface area contributed by atoms with E-state index in [0.717, 1.165) is 5.92 Å². The van der Waals surface area contributed by atoms with Gasteiger partial charge in [0.15, 0.2) is 0 Å². The minimum Gasteiger partial charge on any atom is -0.0804 e.